The van der Waals surface area contributed by atoms with Crippen molar-refractivity contribution in [3.05, 3.63) is 54.1 Å². The van der Waals surface area contributed by atoms with Crippen LogP contribution in [0, 0.1) is 11.3 Å². The summed E-state index contributed by atoms with van der Waals surface area (Å²) in [5, 5.41) is 20.6. The topological polar surface area (TPSA) is 82.3 Å². The molecule has 2 rings (SSSR count). The summed E-state index contributed by atoms with van der Waals surface area (Å²) < 4.78 is 5.17. The number of hydrogen-bond donors (Lipinski definition) is 2. The molecule has 2 aromatic carbocycles. The van der Waals surface area contributed by atoms with Crippen LogP contribution in [0.15, 0.2) is 48.5 Å². The summed E-state index contributed by atoms with van der Waals surface area (Å²) in [7, 11) is 0. The van der Waals surface area contributed by atoms with E-state index in [1.165, 1.54) is 0 Å². The minimum atomic E-state index is -0.196. The van der Waals surface area contributed by atoms with Crippen molar-refractivity contribution in [2.45, 2.75) is 6.42 Å². The summed E-state index contributed by atoms with van der Waals surface area (Å²) in [5.74, 6) is 0.455. The molecule has 0 unspecified atom stereocenters. The number of carbonyl (C=O) groups excluding carboxylic acids is 1. The first kappa shape index (κ1) is 14.4. The van der Waals surface area contributed by atoms with Gasteiger partial charge in [0, 0.05) is 11.8 Å². The fraction of sp³-hybridized carbons (Fsp3) is 0.125. The second-order valence-electron chi connectivity index (χ2n) is 4.37. The van der Waals surface area contributed by atoms with Crippen LogP contribution in [0.3, 0.4) is 0 Å². The van der Waals surface area contributed by atoms with E-state index < -0.39 is 0 Å². The standard InChI is InChI=1S/C16H14N2O3/c17-7-8-21-15-6-2-4-13(11-15)18-16(20)10-12-3-1-5-14(19)9-12/h1-6,9,11,19H,8,10H2,(H,18,20). The zero-order valence-electron chi connectivity index (χ0n) is 11.2. The van der Waals surface area contributed by atoms with E-state index in [2.05, 4.69) is 5.32 Å². The van der Waals surface area contributed by atoms with Crippen LogP contribution in [0.25, 0.3) is 0 Å². The Morgan fingerprint density at radius 2 is 2.05 bits per heavy atom. The maximum Gasteiger partial charge on any atom is 0.228 e. The molecule has 0 radical (unpaired) electrons. The molecule has 0 atom stereocenters. The summed E-state index contributed by atoms with van der Waals surface area (Å²) in [5.41, 5.74) is 1.32. The monoisotopic (exact) mass is 282 g/mol. The van der Waals surface area contributed by atoms with Crippen molar-refractivity contribution >= 4 is 11.6 Å². The molecular formula is C16H14N2O3. The Morgan fingerprint density at radius 1 is 1.24 bits per heavy atom. The smallest absolute Gasteiger partial charge is 0.228 e. The summed E-state index contributed by atoms with van der Waals surface area (Å²) in [6.45, 7) is -0.0410. The van der Waals surface area contributed by atoms with Crippen LogP contribution in [-0.2, 0) is 11.2 Å². The molecule has 0 aliphatic rings. The molecule has 21 heavy (non-hydrogen) atoms. The number of amides is 1. The number of benzene rings is 2. The number of nitrogens with zero attached hydrogens (tertiary/aromatic N) is 1. The molecular weight excluding hydrogens is 268 g/mol. The first-order valence-electron chi connectivity index (χ1n) is 6.35. The molecule has 1 amide bonds. The van der Waals surface area contributed by atoms with Crippen LogP contribution in [-0.4, -0.2) is 17.6 Å². The molecule has 0 bridgehead atoms. The van der Waals surface area contributed by atoms with Gasteiger partial charge in [-0.25, -0.2) is 0 Å². The molecule has 0 heterocycles. The molecule has 2 aromatic rings. The first-order chi connectivity index (χ1) is 10.2. The Morgan fingerprint density at radius 3 is 2.81 bits per heavy atom. The summed E-state index contributed by atoms with van der Waals surface area (Å²) in [6.07, 6.45) is 0.164. The van der Waals surface area contributed by atoms with Gasteiger partial charge < -0.3 is 15.2 Å². The van der Waals surface area contributed by atoms with Gasteiger partial charge in [0.05, 0.1) is 6.42 Å². The second-order valence-corrected chi connectivity index (χ2v) is 4.37. The van der Waals surface area contributed by atoms with Crippen LogP contribution in [0.2, 0.25) is 0 Å². The van der Waals surface area contributed by atoms with Crippen molar-refractivity contribution in [1.82, 2.24) is 0 Å². The van der Waals surface area contributed by atoms with Crippen LogP contribution in [0.5, 0.6) is 11.5 Å². The third-order valence-electron chi connectivity index (χ3n) is 2.70. The molecule has 5 heteroatoms. The summed E-state index contributed by atoms with van der Waals surface area (Å²) >= 11 is 0. The number of rotatable bonds is 5. The lowest BCUT2D eigenvalue weighted by Gasteiger charge is -2.07. The molecule has 0 saturated heterocycles. The lowest BCUT2D eigenvalue weighted by atomic mass is 10.1. The third kappa shape index (κ3) is 4.55. The van der Waals surface area contributed by atoms with E-state index in [0.717, 1.165) is 5.56 Å². The van der Waals surface area contributed by atoms with E-state index in [9.17, 15) is 9.90 Å². The Kier molecular flexibility index (Phi) is 4.78. The number of anilines is 1. The Balaban J connectivity index is 1.98. The van der Waals surface area contributed by atoms with E-state index in [1.54, 1.807) is 48.5 Å². The van der Waals surface area contributed by atoms with Crippen LogP contribution in [0.4, 0.5) is 5.69 Å². The highest BCUT2D eigenvalue weighted by Gasteiger charge is 2.05. The average molecular weight is 282 g/mol. The molecule has 106 valence electrons. The van der Waals surface area contributed by atoms with Crippen molar-refractivity contribution in [3.8, 4) is 17.6 Å². The van der Waals surface area contributed by atoms with Gasteiger partial charge in [-0.05, 0) is 29.8 Å². The van der Waals surface area contributed by atoms with Gasteiger partial charge >= 0.3 is 0 Å². The number of ether oxygens (including phenoxy) is 1. The zero-order chi connectivity index (χ0) is 15.1. The number of nitrogens with one attached hydrogen (secondary N) is 1. The minimum Gasteiger partial charge on any atom is -0.508 e. The molecule has 0 aliphatic carbocycles. The van der Waals surface area contributed by atoms with E-state index in [0.29, 0.717) is 11.4 Å². The quantitative estimate of drug-likeness (QED) is 0.882. The Bertz CT molecular complexity index is 677. The highest BCUT2D eigenvalue weighted by molar-refractivity contribution is 5.92. The molecule has 2 N–H and O–H groups in total. The molecule has 0 saturated carbocycles. The highest BCUT2D eigenvalue weighted by atomic mass is 16.5. The van der Waals surface area contributed by atoms with Crippen molar-refractivity contribution in [3.63, 3.8) is 0 Å². The van der Waals surface area contributed by atoms with Gasteiger partial charge in [-0.1, -0.05) is 18.2 Å². The zero-order valence-corrected chi connectivity index (χ0v) is 11.2. The van der Waals surface area contributed by atoms with Crippen LogP contribution >= 0.6 is 0 Å². The van der Waals surface area contributed by atoms with Gasteiger partial charge in [-0.3, -0.25) is 4.79 Å². The number of phenolic OH excluding ortho intramolecular Hbond substituents is 1. The van der Waals surface area contributed by atoms with Crippen molar-refractivity contribution < 1.29 is 14.6 Å². The molecule has 0 fully saturated rings. The van der Waals surface area contributed by atoms with Gasteiger partial charge in [0.15, 0.2) is 6.61 Å². The second kappa shape index (κ2) is 6.96. The van der Waals surface area contributed by atoms with Gasteiger partial charge in [0.1, 0.15) is 17.6 Å². The van der Waals surface area contributed by atoms with Gasteiger partial charge in [0.25, 0.3) is 0 Å². The number of aromatic hydroxyl groups is 1. The lowest BCUT2D eigenvalue weighted by Crippen LogP contribution is -2.14. The number of carbonyl (C=O) groups is 1. The van der Waals surface area contributed by atoms with Crippen molar-refractivity contribution in [1.29, 1.82) is 5.26 Å². The lowest BCUT2D eigenvalue weighted by molar-refractivity contribution is -0.115. The number of phenols is 1. The maximum atomic E-state index is 11.9. The van der Waals surface area contributed by atoms with E-state index in [4.69, 9.17) is 10.00 Å². The summed E-state index contributed by atoms with van der Waals surface area (Å²) in [6, 6.07) is 15.3. The minimum absolute atomic E-state index is 0.0410. The number of nitriles is 1. The van der Waals surface area contributed by atoms with E-state index in [-0.39, 0.29) is 24.7 Å². The first-order valence-corrected chi connectivity index (χ1v) is 6.35. The van der Waals surface area contributed by atoms with Crippen LogP contribution < -0.4 is 10.1 Å². The van der Waals surface area contributed by atoms with Crippen molar-refractivity contribution in [2.75, 3.05) is 11.9 Å². The maximum absolute atomic E-state index is 11.9. The third-order valence-corrected chi connectivity index (χ3v) is 2.70. The average Bonchev–Trinajstić information content (AvgIpc) is 2.45. The number of hydrogen-bond acceptors (Lipinski definition) is 4. The Labute approximate surface area is 122 Å². The van der Waals surface area contributed by atoms with Gasteiger partial charge in [-0.15, -0.1) is 0 Å². The normalized spacial score (nSPS) is 9.67. The predicted molar refractivity (Wildman–Crippen MR) is 78.0 cm³/mol. The molecule has 0 aliphatic heterocycles. The van der Waals surface area contributed by atoms with Gasteiger partial charge in [-0.2, -0.15) is 5.26 Å². The fourth-order valence-corrected chi connectivity index (χ4v) is 1.84. The molecule has 0 spiro atoms. The predicted octanol–water partition coefficient (Wildman–Crippen LogP) is 2.48. The molecule has 0 aromatic heterocycles. The van der Waals surface area contributed by atoms with Gasteiger partial charge in [0.2, 0.25) is 5.91 Å². The van der Waals surface area contributed by atoms with E-state index in [1.807, 2.05) is 6.07 Å². The summed E-state index contributed by atoms with van der Waals surface area (Å²) in [4.78, 5) is 11.9. The SMILES string of the molecule is N#CCOc1cccc(NC(=O)Cc2cccc(O)c2)c1. The van der Waals surface area contributed by atoms with Crippen molar-refractivity contribution in [2.24, 2.45) is 0 Å². The largest absolute Gasteiger partial charge is 0.508 e. The fourth-order valence-electron chi connectivity index (χ4n) is 1.84. The van der Waals surface area contributed by atoms with Crippen LogP contribution in [0.1, 0.15) is 5.56 Å². The van der Waals surface area contributed by atoms with E-state index >= 15 is 0 Å². The Hall–Kier alpha value is -3.00. The highest BCUT2D eigenvalue weighted by Crippen LogP contribution is 2.18. The molecule has 5 nitrogen and oxygen atoms in total.